The Hall–Kier alpha value is -1.06. The van der Waals surface area contributed by atoms with E-state index in [4.69, 9.17) is 10.5 Å². The van der Waals surface area contributed by atoms with E-state index < -0.39 is 0 Å². The lowest BCUT2D eigenvalue weighted by atomic mass is 9.93. The zero-order valence-corrected chi connectivity index (χ0v) is 11.5. The molecule has 0 aromatic heterocycles. The fourth-order valence-corrected chi connectivity index (χ4v) is 2.74. The number of nitrogens with two attached hydrogens (primary N) is 1. The van der Waals surface area contributed by atoms with Crippen molar-refractivity contribution in [1.29, 1.82) is 0 Å². The van der Waals surface area contributed by atoms with Crippen LogP contribution in [0.2, 0.25) is 0 Å². The molecule has 3 nitrogen and oxygen atoms in total. The number of benzene rings is 1. The number of hydrogen-bond donors (Lipinski definition) is 1. The highest BCUT2D eigenvalue weighted by Gasteiger charge is 2.36. The first-order chi connectivity index (χ1) is 8.66. The Bertz CT molecular complexity index is 377. The van der Waals surface area contributed by atoms with Gasteiger partial charge in [-0.3, -0.25) is 4.90 Å². The van der Waals surface area contributed by atoms with Crippen LogP contribution in [0.15, 0.2) is 24.3 Å². The van der Waals surface area contributed by atoms with Crippen LogP contribution in [0, 0.1) is 6.92 Å². The molecule has 1 unspecified atom stereocenters. The molecule has 1 aliphatic rings. The topological polar surface area (TPSA) is 38.5 Å². The fourth-order valence-electron chi connectivity index (χ4n) is 2.74. The highest BCUT2D eigenvalue weighted by Crippen LogP contribution is 2.30. The maximum Gasteiger partial charge on any atom is 0.119 e. The van der Waals surface area contributed by atoms with Crippen LogP contribution < -0.4 is 10.5 Å². The lowest BCUT2D eigenvalue weighted by Gasteiger charge is -2.35. The lowest BCUT2D eigenvalue weighted by molar-refractivity contribution is 0.139. The van der Waals surface area contributed by atoms with E-state index in [1.54, 1.807) is 0 Å². The average molecular weight is 248 g/mol. The number of nitrogens with zero attached hydrogens (tertiary/aromatic N) is 1. The van der Waals surface area contributed by atoms with Gasteiger partial charge in [0.2, 0.25) is 0 Å². The third-order valence-electron chi connectivity index (χ3n) is 4.18. The van der Waals surface area contributed by atoms with Gasteiger partial charge < -0.3 is 10.5 Å². The molecule has 1 atom stereocenters. The van der Waals surface area contributed by atoms with E-state index in [0.29, 0.717) is 0 Å². The summed E-state index contributed by atoms with van der Waals surface area (Å²) in [4.78, 5) is 2.39. The Labute approximate surface area is 110 Å². The molecule has 0 bridgehead atoms. The number of ether oxygens (including phenoxy) is 1. The van der Waals surface area contributed by atoms with Crippen molar-refractivity contribution in [3.8, 4) is 5.75 Å². The van der Waals surface area contributed by atoms with Crippen molar-refractivity contribution in [3.05, 3.63) is 29.8 Å². The Balaban J connectivity index is 1.86. The molecule has 2 rings (SSSR count). The van der Waals surface area contributed by atoms with E-state index in [1.165, 1.54) is 18.4 Å². The highest BCUT2D eigenvalue weighted by molar-refractivity contribution is 5.26. The summed E-state index contributed by atoms with van der Waals surface area (Å²) in [5.74, 6) is 0.952. The van der Waals surface area contributed by atoms with Gasteiger partial charge in [-0.05, 0) is 45.5 Å². The van der Waals surface area contributed by atoms with Crippen molar-refractivity contribution < 1.29 is 4.74 Å². The van der Waals surface area contributed by atoms with Crippen molar-refractivity contribution in [2.75, 3.05) is 26.7 Å². The molecular formula is C15H24N2O. The minimum Gasteiger partial charge on any atom is -0.494 e. The second-order valence-electron chi connectivity index (χ2n) is 5.37. The van der Waals surface area contributed by atoms with Crippen molar-refractivity contribution in [2.45, 2.75) is 31.7 Å². The van der Waals surface area contributed by atoms with Gasteiger partial charge in [0.15, 0.2) is 0 Å². The first-order valence-corrected chi connectivity index (χ1v) is 6.77. The van der Waals surface area contributed by atoms with Gasteiger partial charge in [0, 0.05) is 18.5 Å². The molecule has 1 aromatic rings. The molecule has 1 heterocycles. The standard InChI is InChI=1S/C15H24N2O/c1-13-4-6-14(7-5-13)18-11-9-15(12-16)8-3-10-17(15)2/h4-7H,3,8-12,16H2,1-2H3. The van der Waals surface area contributed by atoms with Gasteiger partial charge in [-0.25, -0.2) is 0 Å². The average Bonchev–Trinajstić information content (AvgIpc) is 2.74. The molecule has 0 amide bonds. The lowest BCUT2D eigenvalue weighted by Crippen LogP contribution is -2.48. The van der Waals surface area contributed by atoms with Crippen LogP contribution in [0.1, 0.15) is 24.8 Å². The molecule has 0 saturated carbocycles. The molecule has 1 aliphatic heterocycles. The summed E-state index contributed by atoms with van der Waals surface area (Å²) in [7, 11) is 2.17. The van der Waals surface area contributed by atoms with Crippen molar-refractivity contribution in [3.63, 3.8) is 0 Å². The third kappa shape index (κ3) is 2.85. The smallest absolute Gasteiger partial charge is 0.119 e. The summed E-state index contributed by atoms with van der Waals surface area (Å²) in [5, 5.41) is 0. The summed E-state index contributed by atoms with van der Waals surface area (Å²) in [6.45, 7) is 4.70. The van der Waals surface area contributed by atoms with E-state index in [1.807, 2.05) is 12.1 Å². The molecular weight excluding hydrogens is 224 g/mol. The van der Waals surface area contributed by atoms with Gasteiger partial charge in [-0.2, -0.15) is 0 Å². The molecule has 3 heteroatoms. The maximum atomic E-state index is 5.96. The monoisotopic (exact) mass is 248 g/mol. The second-order valence-corrected chi connectivity index (χ2v) is 5.37. The summed E-state index contributed by atoms with van der Waals surface area (Å²) < 4.78 is 5.82. The van der Waals surface area contributed by atoms with Crippen LogP contribution in [-0.2, 0) is 0 Å². The molecule has 18 heavy (non-hydrogen) atoms. The molecule has 100 valence electrons. The first-order valence-electron chi connectivity index (χ1n) is 6.77. The first kappa shape index (κ1) is 13.4. The Morgan fingerprint density at radius 2 is 2.06 bits per heavy atom. The second kappa shape index (κ2) is 5.72. The van der Waals surface area contributed by atoms with Gasteiger partial charge in [0.05, 0.1) is 6.61 Å². The van der Waals surface area contributed by atoms with E-state index in [9.17, 15) is 0 Å². The van der Waals surface area contributed by atoms with Gasteiger partial charge >= 0.3 is 0 Å². The Morgan fingerprint density at radius 3 is 2.61 bits per heavy atom. The van der Waals surface area contributed by atoms with Crippen LogP contribution in [0.5, 0.6) is 5.75 Å². The molecule has 0 spiro atoms. The molecule has 2 N–H and O–H groups in total. The number of hydrogen-bond acceptors (Lipinski definition) is 3. The van der Waals surface area contributed by atoms with Crippen molar-refractivity contribution >= 4 is 0 Å². The van der Waals surface area contributed by atoms with E-state index in [0.717, 1.165) is 31.9 Å². The Kier molecular flexibility index (Phi) is 4.25. The Morgan fingerprint density at radius 1 is 1.33 bits per heavy atom. The van der Waals surface area contributed by atoms with Crippen LogP contribution >= 0.6 is 0 Å². The van der Waals surface area contributed by atoms with Crippen LogP contribution in [0.25, 0.3) is 0 Å². The largest absolute Gasteiger partial charge is 0.494 e. The van der Waals surface area contributed by atoms with E-state index in [2.05, 4.69) is 31.0 Å². The van der Waals surface area contributed by atoms with Gasteiger partial charge in [0.25, 0.3) is 0 Å². The van der Waals surface area contributed by atoms with Gasteiger partial charge in [-0.15, -0.1) is 0 Å². The third-order valence-corrected chi connectivity index (χ3v) is 4.18. The molecule has 0 aliphatic carbocycles. The number of rotatable bonds is 5. The zero-order chi connectivity index (χ0) is 13.0. The number of likely N-dealkylation sites (tertiary alicyclic amines) is 1. The van der Waals surface area contributed by atoms with Crippen molar-refractivity contribution in [2.24, 2.45) is 5.73 Å². The highest BCUT2D eigenvalue weighted by atomic mass is 16.5. The summed E-state index contributed by atoms with van der Waals surface area (Å²) in [5.41, 5.74) is 7.38. The van der Waals surface area contributed by atoms with Gasteiger partial charge in [-0.1, -0.05) is 17.7 Å². The van der Waals surface area contributed by atoms with E-state index >= 15 is 0 Å². The molecule has 1 saturated heterocycles. The summed E-state index contributed by atoms with van der Waals surface area (Å²) >= 11 is 0. The molecule has 1 fully saturated rings. The molecule has 1 aromatic carbocycles. The number of aryl methyl sites for hydroxylation is 1. The zero-order valence-electron chi connectivity index (χ0n) is 11.5. The van der Waals surface area contributed by atoms with E-state index in [-0.39, 0.29) is 5.54 Å². The maximum absolute atomic E-state index is 5.96. The van der Waals surface area contributed by atoms with Crippen LogP contribution in [0.3, 0.4) is 0 Å². The van der Waals surface area contributed by atoms with Crippen molar-refractivity contribution in [1.82, 2.24) is 4.90 Å². The minimum absolute atomic E-state index is 0.157. The van der Waals surface area contributed by atoms with Crippen LogP contribution in [0.4, 0.5) is 0 Å². The quantitative estimate of drug-likeness (QED) is 0.868. The predicted molar refractivity (Wildman–Crippen MR) is 74.9 cm³/mol. The fraction of sp³-hybridized carbons (Fsp3) is 0.600. The minimum atomic E-state index is 0.157. The van der Waals surface area contributed by atoms with Crippen LogP contribution in [-0.4, -0.2) is 37.2 Å². The SMILES string of the molecule is Cc1ccc(OCCC2(CN)CCCN2C)cc1. The molecule has 0 radical (unpaired) electrons. The summed E-state index contributed by atoms with van der Waals surface area (Å²) in [6, 6.07) is 8.22. The number of likely N-dealkylation sites (N-methyl/N-ethyl adjacent to an activating group) is 1. The van der Waals surface area contributed by atoms with Gasteiger partial charge in [0.1, 0.15) is 5.75 Å². The predicted octanol–water partition coefficient (Wildman–Crippen LogP) is 2.19. The summed E-state index contributed by atoms with van der Waals surface area (Å²) in [6.07, 6.45) is 3.45. The normalized spacial score (nSPS) is 24.4.